The number of nitrogen functional groups attached to an aromatic ring is 2. The molecule has 31 heavy (non-hydrogen) atoms. The average Bonchev–Trinajstić information content (AvgIpc) is 3.16. The van der Waals surface area contributed by atoms with Gasteiger partial charge in [0, 0.05) is 5.56 Å². The molecule has 2 heterocycles. The van der Waals surface area contributed by atoms with Gasteiger partial charge in [-0.3, -0.25) is 4.57 Å². The summed E-state index contributed by atoms with van der Waals surface area (Å²) in [6.07, 6.45) is 0. The number of rotatable bonds is 7. The molecule has 158 valence electrons. The molecule has 0 fully saturated rings. The zero-order valence-corrected chi connectivity index (χ0v) is 17.4. The number of hydrogen-bond acceptors (Lipinski definition) is 9. The van der Waals surface area contributed by atoms with E-state index in [0.717, 1.165) is 11.3 Å². The lowest BCUT2D eigenvalue weighted by Gasteiger charge is -2.11. The topological polar surface area (TPSA) is 131 Å². The van der Waals surface area contributed by atoms with Gasteiger partial charge < -0.3 is 16.2 Å². The highest BCUT2D eigenvalue weighted by Gasteiger charge is 2.19. The quantitative estimate of drug-likeness (QED) is 0.418. The molecule has 4 N–H and O–H groups in total. The third-order valence-corrected chi connectivity index (χ3v) is 5.12. The molecule has 4 rings (SSSR count). The molecule has 0 bridgehead atoms. The van der Waals surface area contributed by atoms with E-state index in [2.05, 4.69) is 25.1 Å². The van der Waals surface area contributed by atoms with Crippen LogP contribution in [0.25, 0.3) is 17.1 Å². The second kappa shape index (κ2) is 8.96. The normalized spacial score (nSPS) is 10.9. The first kappa shape index (κ1) is 20.5. The van der Waals surface area contributed by atoms with Gasteiger partial charge in [-0.05, 0) is 43.3 Å². The molecule has 0 aliphatic rings. The van der Waals surface area contributed by atoms with E-state index in [1.807, 2.05) is 31.2 Å². The van der Waals surface area contributed by atoms with Gasteiger partial charge in [-0.2, -0.15) is 15.0 Å². The Hall–Kier alpha value is -3.73. The lowest BCUT2D eigenvalue weighted by atomic mass is 10.2. The maximum atomic E-state index is 14.7. The highest BCUT2D eigenvalue weighted by Crippen LogP contribution is 2.31. The number of halogens is 1. The molecule has 0 amide bonds. The molecule has 0 radical (unpaired) electrons. The molecule has 9 nitrogen and oxygen atoms in total. The zero-order chi connectivity index (χ0) is 21.8. The second-order valence-corrected chi connectivity index (χ2v) is 7.25. The highest BCUT2D eigenvalue weighted by atomic mass is 32.2. The molecule has 2 aromatic carbocycles. The van der Waals surface area contributed by atoms with E-state index in [-0.39, 0.29) is 11.9 Å². The Labute approximate surface area is 181 Å². The third-order valence-electron chi connectivity index (χ3n) is 4.20. The Kier molecular flexibility index (Phi) is 5.94. The SMILES string of the molecule is CCOc1ccc(-c2nnc(SCc3nc(N)nc(N)n3)n2-c2ccccc2F)cc1. The van der Waals surface area contributed by atoms with Crippen LogP contribution in [-0.2, 0) is 5.75 Å². The van der Waals surface area contributed by atoms with Crippen molar-refractivity contribution in [3.63, 3.8) is 0 Å². The van der Waals surface area contributed by atoms with Crippen LogP contribution in [0.15, 0.2) is 53.7 Å². The first-order valence-electron chi connectivity index (χ1n) is 9.37. The lowest BCUT2D eigenvalue weighted by molar-refractivity contribution is 0.340. The first-order chi connectivity index (χ1) is 15.0. The first-order valence-corrected chi connectivity index (χ1v) is 10.4. The van der Waals surface area contributed by atoms with Gasteiger partial charge in [0.25, 0.3) is 0 Å². The number of nitrogens with zero attached hydrogens (tertiary/aromatic N) is 6. The monoisotopic (exact) mass is 438 g/mol. The van der Waals surface area contributed by atoms with Crippen LogP contribution in [0.1, 0.15) is 12.7 Å². The van der Waals surface area contributed by atoms with Crippen molar-refractivity contribution in [1.82, 2.24) is 29.7 Å². The van der Waals surface area contributed by atoms with Gasteiger partial charge in [-0.1, -0.05) is 23.9 Å². The number of anilines is 2. The summed E-state index contributed by atoms with van der Waals surface area (Å²) >= 11 is 1.28. The van der Waals surface area contributed by atoms with Crippen molar-refractivity contribution >= 4 is 23.7 Å². The van der Waals surface area contributed by atoms with Gasteiger partial charge in [-0.15, -0.1) is 10.2 Å². The molecule has 0 atom stereocenters. The minimum Gasteiger partial charge on any atom is -0.494 e. The smallest absolute Gasteiger partial charge is 0.225 e. The Morgan fingerprint density at radius 2 is 1.68 bits per heavy atom. The van der Waals surface area contributed by atoms with Crippen molar-refractivity contribution in [2.75, 3.05) is 18.1 Å². The molecule has 0 unspecified atom stereocenters. The van der Waals surface area contributed by atoms with Crippen LogP contribution < -0.4 is 16.2 Å². The van der Waals surface area contributed by atoms with Crippen LogP contribution in [-0.4, -0.2) is 36.3 Å². The van der Waals surface area contributed by atoms with Gasteiger partial charge in [0.1, 0.15) is 17.4 Å². The van der Waals surface area contributed by atoms with Crippen LogP contribution in [0.5, 0.6) is 5.75 Å². The summed E-state index contributed by atoms with van der Waals surface area (Å²) in [6, 6.07) is 13.8. The van der Waals surface area contributed by atoms with E-state index < -0.39 is 5.82 Å². The van der Waals surface area contributed by atoms with Crippen molar-refractivity contribution in [1.29, 1.82) is 0 Å². The van der Waals surface area contributed by atoms with Gasteiger partial charge in [0.05, 0.1) is 18.0 Å². The summed E-state index contributed by atoms with van der Waals surface area (Å²) in [5, 5.41) is 9.05. The summed E-state index contributed by atoms with van der Waals surface area (Å²) in [5.41, 5.74) is 12.4. The number of hydrogen-bond donors (Lipinski definition) is 2. The molecule has 2 aromatic heterocycles. The van der Waals surface area contributed by atoms with E-state index in [4.69, 9.17) is 16.2 Å². The molecular weight excluding hydrogens is 419 g/mol. The van der Waals surface area contributed by atoms with Gasteiger partial charge in [0.15, 0.2) is 11.0 Å². The van der Waals surface area contributed by atoms with Crippen molar-refractivity contribution in [2.45, 2.75) is 17.8 Å². The molecule has 11 heteroatoms. The fourth-order valence-electron chi connectivity index (χ4n) is 2.92. The van der Waals surface area contributed by atoms with Crippen LogP contribution >= 0.6 is 11.8 Å². The molecule has 0 aliphatic heterocycles. The summed E-state index contributed by atoms with van der Waals surface area (Å²) in [6.45, 7) is 2.48. The lowest BCUT2D eigenvalue weighted by Crippen LogP contribution is -2.06. The van der Waals surface area contributed by atoms with Crippen LogP contribution in [0.4, 0.5) is 16.3 Å². The van der Waals surface area contributed by atoms with E-state index in [1.54, 1.807) is 22.8 Å². The summed E-state index contributed by atoms with van der Waals surface area (Å²) in [5.74, 6) is 1.59. The molecular formula is C20H19FN8OS. The van der Waals surface area contributed by atoms with Crippen LogP contribution in [0.2, 0.25) is 0 Å². The van der Waals surface area contributed by atoms with E-state index in [9.17, 15) is 4.39 Å². The number of nitrogens with two attached hydrogens (primary N) is 2. The number of benzene rings is 2. The molecule has 4 aromatic rings. The number of para-hydroxylation sites is 1. The summed E-state index contributed by atoms with van der Waals surface area (Å²) < 4.78 is 21.8. The standard InChI is InChI=1S/C20H19FN8OS/c1-2-30-13-9-7-12(8-10-13)17-27-28-20(29(17)15-6-4-3-5-14(15)21)31-11-16-24-18(22)26-19(23)25-16/h3-10H,2,11H2,1H3,(H4,22,23,24,25,26). The predicted octanol–water partition coefficient (Wildman–Crippen LogP) is 3.11. The van der Waals surface area contributed by atoms with Crippen molar-refractivity contribution in [3.8, 4) is 22.8 Å². The van der Waals surface area contributed by atoms with Crippen LogP contribution in [0.3, 0.4) is 0 Å². The van der Waals surface area contributed by atoms with Crippen molar-refractivity contribution in [2.24, 2.45) is 0 Å². The number of thioether (sulfide) groups is 1. The summed E-state index contributed by atoms with van der Waals surface area (Å²) in [7, 11) is 0. The maximum absolute atomic E-state index is 14.7. The number of ether oxygens (including phenoxy) is 1. The third kappa shape index (κ3) is 4.56. The largest absolute Gasteiger partial charge is 0.494 e. The van der Waals surface area contributed by atoms with Crippen LogP contribution in [0, 0.1) is 5.82 Å². The molecule has 0 aliphatic carbocycles. The van der Waals surface area contributed by atoms with Gasteiger partial charge in [-0.25, -0.2) is 4.39 Å². The Morgan fingerprint density at radius 3 is 2.35 bits per heavy atom. The maximum Gasteiger partial charge on any atom is 0.225 e. The molecule has 0 saturated heterocycles. The molecule has 0 spiro atoms. The van der Waals surface area contributed by atoms with Gasteiger partial charge >= 0.3 is 0 Å². The van der Waals surface area contributed by atoms with E-state index in [0.29, 0.717) is 34.9 Å². The average molecular weight is 438 g/mol. The minimum atomic E-state index is -0.398. The fraction of sp³-hybridized carbons (Fsp3) is 0.150. The number of aromatic nitrogens is 6. The zero-order valence-electron chi connectivity index (χ0n) is 16.6. The second-order valence-electron chi connectivity index (χ2n) is 6.31. The molecule has 0 saturated carbocycles. The van der Waals surface area contributed by atoms with Crippen molar-refractivity contribution < 1.29 is 9.13 Å². The van der Waals surface area contributed by atoms with E-state index >= 15 is 0 Å². The predicted molar refractivity (Wildman–Crippen MR) is 116 cm³/mol. The minimum absolute atomic E-state index is 0.0359. The Bertz CT molecular complexity index is 1180. The summed E-state index contributed by atoms with van der Waals surface area (Å²) in [4.78, 5) is 11.9. The fourth-order valence-corrected chi connectivity index (χ4v) is 3.72. The van der Waals surface area contributed by atoms with E-state index in [1.165, 1.54) is 17.8 Å². The highest BCUT2D eigenvalue weighted by molar-refractivity contribution is 7.98. The van der Waals surface area contributed by atoms with Gasteiger partial charge in [0.2, 0.25) is 11.9 Å². The Balaban J connectivity index is 1.72. The Morgan fingerprint density at radius 1 is 0.968 bits per heavy atom. The van der Waals surface area contributed by atoms with Crippen molar-refractivity contribution in [3.05, 3.63) is 60.2 Å².